The van der Waals surface area contributed by atoms with Gasteiger partial charge in [0.15, 0.2) is 5.78 Å². The Bertz CT molecular complexity index is 477. The minimum Gasteiger partial charge on any atom is -0.496 e. The third-order valence-electron chi connectivity index (χ3n) is 3.03. The first-order valence-electron chi connectivity index (χ1n) is 6.19. The maximum absolute atomic E-state index is 12.5. The first-order valence-corrected chi connectivity index (χ1v) is 6.19. The first kappa shape index (κ1) is 15.2. The smallest absolute Gasteiger partial charge is 0.316 e. The summed E-state index contributed by atoms with van der Waals surface area (Å²) in [6.07, 6.45) is 0. The Balaban J connectivity index is 3.20. The monoisotopic (exact) mass is 264 g/mol. The number of hydrogen-bond donors (Lipinski definition) is 0. The van der Waals surface area contributed by atoms with E-state index in [9.17, 15) is 9.59 Å². The molecule has 0 fully saturated rings. The quantitative estimate of drug-likeness (QED) is 0.466. The molecule has 0 aromatic heterocycles. The number of ether oxygens (including phenoxy) is 2. The highest BCUT2D eigenvalue weighted by Crippen LogP contribution is 2.26. The number of aryl methyl sites for hydroxylation is 1. The molecule has 1 atom stereocenters. The maximum Gasteiger partial charge on any atom is 0.316 e. The summed E-state index contributed by atoms with van der Waals surface area (Å²) in [5, 5.41) is 0. The molecule has 0 saturated carbocycles. The number of ketones is 1. The third-order valence-corrected chi connectivity index (χ3v) is 3.03. The van der Waals surface area contributed by atoms with Gasteiger partial charge in [-0.2, -0.15) is 0 Å². The number of esters is 1. The van der Waals surface area contributed by atoms with Gasteiger partial charge >= 0.3 is 5.97 Å². The predicted octanol–water partition coefficient (Wildman–Crippen LogP) is 2.63. The van der Waals surface area contributed by atoms with E-state index in [0.29, 0.717) is 11.3 Å². The van der Waals surface area contributed by atoms with Crippen LogP contribution < -0.4 is 4.74 Å². The van der Waals surface area contributed by atoms with Crippen LogP contribution in [0.3, 0.4) is 0 Å². The molecular formula is C15H20O4. The number of methoxy groups -OCH3 is 2. The molecule has 0 bridgehead atoms. The van der Waals surface area contributed by atoms with Gasteiger partial charge < -0.3 is 9.47 Å². The second kappa shape index (κ2) is 6.36. The van der Waals surface area contributed by atoms with Gasteiger partial charge in [-0.1, -0.05) is 19.9 Å². The summed E-state index contributed by atoms with van der Waals surface area (Å²) in [6.45, 7) is 5.55. The van der Waals surface area contributed by atoms with Crippen LogP contribution in [0.15, 0.2) is 18.2 Å². The Hall–Kier alpha value is -1.84. The van der Waals surface area contributed by atoms with Crippen molar-refractivity contribution in [2.75, 3.05) is 14.2 Å². The molecule has 0 amide bonds. The molecule has 104 valence electrons. The van der Waals surface area contributed by atoms with Crippen molar-refractivity contribution in [3.05, 3.63) is 29.3 Å². The van der Waals surface area contributed by atoms with Crippen molar-refractivity contribution in [1.29, 1.82) is 0 Å². The molecular weight excluding hydrogens is 244 g/mol. The van der Waals surface area contributed by atoms with Crippen molar-refractivity contribution in [3.8, 4) is 5.75 Å². The lowest BCUT2D eigenvalue weighted by atomic mass is 9.87. The predicted molar refractivity (Wildman–Crippen MR) is 72.4 cm³/mol. The second-order valence-electron chi connectivity index (χ2n) is 4.81. The van der Waals surface area contributed by atoms with E-state index < -0.39 is 11.9 Å². The van der Waals surface area contributed by atoms with Crippen molar-refractivity contribution >= 4 is 11.8 Å². The van der Waals surface area contributed by atoms with E-state index >= 15 is 0 Å². The van der Waals surface area contributed by atoms with Crippen molar-refractivity contribution in [2.45, 2.75) is 20.8 Å². The summed E-state index contributed by atoms with van der Waals surface area (Å²) in [7, 11) is 2.80. The van der Waals surface area contributed by atoms with Gasteiger partial charge in [0.25, 0.3) is 0 Å². The topological polar surface area (TPSA) is 52.6 Å². The largest absolute Gasteiger partial charge is 0.496 e. The summed E-state index contributed by atoms with van der Waals surface area (Å²) in [6, 6.07) is 5.29. The van der Waals surface area contributed by atoms with Crippen LogP contribution in [0.1, 0.15) is 29.8 Å². The van der Waals surface area contributed by atoms with Gasteiger partial charge in [0.1, 0.15) is 11.7 Å². The number of carbonyl (C=O) groups excluding carboxylic acids is 2. The van der Waals surface area contributed by atoms with Crippen LogP contribution in [0.2, 0.25) is 0 Å². The lowest BCUT2D eigenvalue weighted by Gasteiger charge is -2.18. The van der Waals surface area contributed by atoms with E-state index in [2.05, 4.69) is 0 Å². The highest BCUT2D eigenvalue weighted by Gasteiger charge is 2.33. The van der Waals surface area contributed by atoms with E-state index in [0.717, 1.165) is 5.56 Å². The fraction of sp³-hybridized carbons (Fsp3) is 0.467. The standard InChI is InChI=1S/C15H20O4/c1-9(2)13(15(17)19-5)14(16)11-7-6-10(3)8-12(11)18-4/h6-9,13H,1-5H3. The van der Waals surface area contributed by atoms with E-state index in [1.807, 2.05) is 26.8 Å². The Kier molecular flexibility index (Phi) is 5.10. The van der Waals surface area contributed by atoms with Crippen molar-refractivity contribution in [3.63, 3.8) is 0 Å². The van der Waals surface area contributed by atoms with Crippen LogP contribution in [0.5, 0.6) is 5.75 Å². The Labute approximate surface area is 113 Å². The molecule has 1 aromatic carbocycles. The van der Waals surface area contributed by atoms with Crippen LogP contribution in [0.25, 0.3) is 0 Å². The lowest BCUT2D eigenvalue weighted by Crippen LogP contribution is -2.30. The fourth-order valence-electron chi connectivity index (χ4n) is 1.98. The second-order valence-corrected chi connectivity index (χ2v) is 4.81. The molecule has 1 unspecified atom stereocenters. The van der Waals surface area contributed by atoms with Crippen molar-refractivity contribution in [1.82, 2.24) is 0 Å². The normalized spacial score (nSPS) is 12.1. The molecule has 0 radical (unpaired) electrons. The van der Waals surface area contributed by atoms with Gasteiger partial charge in [-0.3, -0.25) is 9.59 Å². The number of hydrogen-bond acceptors (Lipinski definition) is 4. The number of Topliss-reactive ketones (excluding diaryl/α,β-unsaturated/α-hetero) is 1. The van der Waals surface area contributed by atoms with Crippen LogP contribution in [-0.2, 0) is 9.53 Å². The average Bonchev–Trinajstić information content (AvgIpc) is 2.37. The van der Waals surface area contributed by atoms with Crippen LogP contribution in [-0.4, -0.2) is 26.0 Å². The van der Waals surface area contributed by atoms with E-state index in [1.165, 1.54) is 14.2 Å². The van der Waals surface area contributed by atoms with Gasteiger partial charge in [0.2, 0.25) is 0 Å². The minimum absolute atomic E-state index is 0.133. The summed E-state index contributed by atoms with van der Waals surface area (Å²) < 4.78 is 9.93. The highest BCUT2D eigenvalue weighted by molar-refractivity contribution is 6.10. The molecule has 0 heterocycles. The molecule has 0 aliphatic heterocycles. The summed E-state index contributed by atoms with van der Waals surface area (Å²) in [5.41, 5.74) is 1.41. The Morgan fingerprint density at radius 1 is 1.16 bits per heavy atom. The van der Waals surface area contributed by atoms with Crippen molar-refractivity contribution in [2.24, 2.45) is 11.8 Å². The summed E-state index contributed by atoms with van der Waals surface area (Å²) in [4.78, 5) is 24.2. The number of rotatable bonds is 5. The molecule has 4 heteroatoms. The highest BCUT2D eigenvalue weighted by atomic mass is 16.5. The molecule has 0 N–H and O–H groups in total. The van der Waals surface area contributed by atoms with Crippen molar-refractivity contribution < 1.29 is 19.1 Å². The zero-order valence-corrected chi connectivity index (χ0v) is 12.0. The molecule has 0 aliphatic carbocycles. The molecule has 1 rings (SSSR count). The molecule has 1 aromatic rings. The van der Waals surface area contributed by atoms with Crippen LogP contribution in [0, 0.1) is 18.8 Å². The molecule has 0 spiro atoms. The molecule has 4 nitrogen and oxygen atoms in total. The SMILES string of the molecule is COC(=O)C(C(=O)c1ccc(C)cc1OC)C(C)C. The third kappa shape index (κ3) is 3.34. The van der Waals surface area contributed by atoms with Gasteiger partial charge in [-0.15, -0.1) is 0 Å². The minimum atomic E-state index is -0.804. The zero-order chi connectivity index (χ0) is 14.6. The average molecular weight is 264 g/mol. The number of benzene rings is 1. The maximum atomic E-state index is 12.5. The van der Waals surface area contributed by atoms with E-state index in [1.54, 1.807) is 12.1 Å². The number of carbonyl (C=O) groups is 2. The van der Waals surface area contributed by atoms with Gasteiger partial charge in [-0.25, -0.2) is 0 Å². The van der Waals surface area contributed by atoms with Gasteiger partial charge in [0, 0.05) is 0 Å². The first-order chi connectivity index (χ1) is 8.92. The van der Waals surface area contributed by atoms with E-state index in [-0.39, 0.29) is 11.7 Å². The molecule has 19 heavy (non-hydrogen) atoms. The van der Waals surface area contributed by atoms with Gasteiger partial charge in [0.05, 0.1) is 19.8 Å². The Morgan fingerprint density at radius 3 is 2.26 bits per heavy atom. The van der Waals surface area contributed by atoms with E-state index in [4.69, 9.17) is 9.47 Å². The van der Waals surface area contributed by atoms with Crippen LogP contribution in [0.4, 0.5) is 0 Å². The van der Waals surface area contributed by atoms with Gasteiger partial charge in [-0.05, 0) is 30.5 Å². The summed E-state index contributed by atoms with van der Waals surface area (Å²) >= 11 is 0. The van der Waals surface area contributed by atoms with Crippen LogP contribution >= 0.6 is 0 Å². The molecule has 0 aliphatic rings. The zero-order valence-electron chi connectivity index (χ0n) is 12.0. The Morgan fingerprint density at radius 2 is 1.79 bits per heavy atom. The molecule has 0 saturated heterocycles. The summed E-state index contributed by atoms with van der Waals surface area (Å²) in [5.74, 6) is -1.23. The fourth-order valence-corrected chi connectivity index (χ4v) is 1.98. The lowest BCUT2D eigenvalue weighted by molar-refractivity contribution is -0.144.